The van der Waals surface area contributed by atoms with Crippen LogP contribution in [-0.4, -0.2) is 13.0 Å². The van der Waals surface area contributed by atoms with Crippen LogP contribution in [0.1, 0.15) is 35.0 Å². The molecule has 0 radical (unpaired) electrons. The average molecular weight is 298 g/mol. The first-order chi connectivity index (χ1) is 9.27. The van der Waals surface area contributed by atoms with Gasteiger partial charge in [-0.15, -0.1) is 0 Å². The Bertz CT molecular complexity index is 686. The van der Waals surface area contributed by atoms with Gasteiger partial charge in [-0.1, -0.05) is 0 Å². The van der Waals surface area contributed by atoms with Crippen LogP contribution in [0.4, 0.5) is 0 Å². The van der Waals surface area contributed by atoms with E-state index < -0.39 is 10.1 Å². The number of rotatable bonds is 5. The summed E-state index contributed by atoms with van der Waals surface area (Å²) < 4.78 is 42.1. The predicted molar refractivity (Wildman–Crippen MR) is 73.5 cm³/mol. The molecule has 6 heteroatoms. The van der Waals surface area contributed by atoms with E-state index in [1.807, 2.05) is 19.9 Å². The molecule has 0 spiro atoms. The van der Waals surface area contributed by atoms with Crippen LogP contribution in [-0.2, 0) is 23.0 Å². The molecule has 0 aliphatic heterocycles. The number of furan rings is 2. The van der Waals surface area contributed by atoms with Gasteiger partial charge in [-0.2, -0.15) is 8.42 Å². The van der Waals surface area contributed by atoms with Gasteiger partial charge in [0.25, 0.3) is 10.1 Å². The third-order valence-electron chi connectivity index (χ3n) is 3.26. The summed E-state index contributed by atoms with van der Waals surface area (Å²) in [6, 6.07) is 3.38. The highest BCUT2D eigenvalue weighted by atomic mass is 32.2. The van der Waals surface area contributed by atoms with Crippen molar-refractivity contribution in [2.24, 2.45) is 0 Å². The molecule has 0 bridgehead atoms. The molecule has 0 aliphatic rings. The van der Waals surface area contributed by atoms with Crippen molar-refractivity contribution in [3.63, 3.8) is 0 Å². The van der Waals surface area contributed by atoms with Gasteiger partial charge < -0.3 is 8.83 Å². The van der Waals surface area contributed by atoms with Crippen LogP contribution >= 0.6 is 0 Å². The summed E-state index contributed by atoms with van der Waals surface area (Å²) in [5, 5.41) is 0. The van der Waals surface area contributed by atoms with Crippen LogP contribution in [0.3, 0.4) is 0 Å². The lowest BCUT2D eigenvalue weighted by molar-refractivity contribution is 0.449. The number of hydrogen-bond acceptors (Lipinski definition) is 4. The molecular weight excluding hydrogens is 280 g/mol. The molecule has 1 N–H and O–H groups in total. The van der Waals surface area contributed by atoms with Crippen LogP contribution in [0, 0.1) is 20.8 Å². The van der Waals surface area contributed by atoms with Crippen molar-refractivity contribution in [3.8, 4) is 0 Å². The highest BCUT2D eigenvalue weighted by molar-refractivity contribution is 7.85. The molecule has 0 amide bonds. The fraction of sp³-hybridized carbons (Fsp3) is 0.429. The second-order valence-electron chi connectivity index (χ2n) is 4.91. The molecule has 0 fully saturated rings. The third kappa shape index (κ3) is 3.32. The summed E-state index contributed by atoms with van der Waals surface area (Å²) in [6.07, 6.45) is 2.13. The van der Waals surface area contributed by atoms with Crippen molar-refractivity contribution in [1.82, 2.24) is 0 Å². The summed E-state index contributed by atoms with van der Waals surface area (Å²) in [6.45, 7) is 5.44. The van der Waals surface area contributed by atoms with E-state index in [2.05, 4.69) is 0 Å². The van der Waals surface area contributed by atoms with Crippen LogP contribution in [0.15, 0.2) is 25.9 Å². The van der Waals surface area contributed by atoms with E-state index in [9.17, 15) is 8.42 Å². The van der Waals surface area contributed by atoms with Gasteiger partial charge in [0.2, 0.25) is 0 Å². The SMILES string of the molecule is Cc1cc(CCCc2cc(S(=O)(=O)O)c(C)o2)oc1C. The Labute approximate surface area is 118 Å². The Kier molecular flexibility index (Phi) is 4.06. The first-order valence-electron chi connectivity index (χ1n) is 6.40. The molecule has 2 rings (SSSR count). The summed E-state index contributed by atoms with van der Waals surface area (Å²) >= 11 is 0. The molecular formula is C14H18O5S. The van der Waals surface area contributed by atoms with Crippen molar-refractivity contribution in [3.05, 3.63) is 40.7 Å². The highest BCUT2D eigenvalue weighted by Crippen LogP contribution is 2.21. The summed E-state index contributed by atoms with van der Waals surface area (Å²) in [5.41, 5.74) is 1.13. The first kappa shape index (κ1) is 14.9. The molecule has 2 heterocycles. The second kappa shape index (κ2) is 5.46. The van der Waals surface area contributed by atoms with E-state index >= 15 is 0 Å². The van der Waals surface area contributed by atoms with Crippen molar-refractivity contribution >= 4 is 10.1 Å². The van der Waals surface area contributed by atoms with E-state index in [-0.39, 0.29) is 10.7 Å². The monoisotopic (exact) mass is 298 g/mol. The lowest BCUT2D eigenvalue weighted by Gasteiger charge is -1.95. The average Bonchev–Trinajstić information content (AvgIpc) is 2.83. The quantitative estimate of drug-likeness (QED) is 0.857. The van der Waals surface area contributed by atoms with Crippen molar-refractivity contribution in [1.29, 1.82) is 0 Å². The molecule has 0 aliphatic carbocycles. The molecule has 20 heavy (non-hydrogen) atoms. The van der Waals surface area contributed by atoms with Gasteiger partial charge >= 0.3 is 0 Å². The minimum Gasteiger partial charge on any atom is -0.466 e. The molecule has 0 saturated carbocycles. The molecule has 2 aromatic heterocycles. The van der Waals surface area contributed by atoms with E-state index in [1.54, 1.807) is 0 Å². The van der Waals surface area contributed by atoms with Gasteiger partial charge in [0.1, 0.15) is 27.9 Å². The lowest BCUT2D eigenvalue weighted by Crippen LogP contribution is -1.97. The largest absolute Gasteiger partial charge is 0.466 e. The molecule has 0 aromatic carbocycles. The summed E-state index contributed by atoms with van der Waals surface area (Å²) in [7, 11) is -4.20. The lowest BCUT2D eigenvalue weighted by atomic mass is 10.1. The fourth-order valence-corrected chi connectivity index (χ4v) is 2.80. The Balaban J connectivity index is 1.98. The zero-order valence-electron chi connectivity index (χ0n) is 11.8. The van der Waals surface area contributed by atoms with Gasteiger partial charge in [-0.05, 0) is 38.8 Å². The number of hydrogen-bond donors (Lipinski definition) is 1. The minimum atomic E-state index is -4.20. The molecule has 0 saturated heterocycles. The predicted octanol–water partition coefficient (Wildman–Crippen LogP) is 3.22. The Hall–Kier alpha value is -1.53. The van der Waals surface area contributed by atoms with Gasteiger partial charge in [0.05, 0.1) is 0 Å². The second-order valence-corrected chi connectivity index (χ2v) is 6.30. The van der Waals surface area contributed by atoms with E-state index in [0.29, 0.717) is 12.2 Å². The maximum atomic E-state index is 11.1. The zero-order chi connectivity index (χ0) is 14.9. The van der Waals surface area contributed by atoms with Crippen molar-refractivity contribution in [2.75, 3.05) is 0 Å². The Morgan fingerprint density at radius 1 is 1.00 bits per heavy atom. The Morgan fingerprint density at radius 3 is 2.00 bits per heavy atom. The normalized spacial score (nSPS) is 12.0. The summed E-state index contributed by atoms with van der Waals surface area (Å²) in [4.78, 5) is -0.155. The Morgan fingerprint density at radius 2 is 1.55 bits per heavy atom. The van der Waals surface area contributed by atoms with Crippen LogP contribution in [0.2, 0.25) is 0 Å². The smallest absolute Gasteiger partial charge is 0.298 e. The number of aryl methyl sites for hydroxylation is 5. The zero-order valence-corrected chi connectivity index (χ0v) is 12.6. The molecule has 110 valence electrons. The maximum Gasteiger partial charge on any atom is 0.298 e. The molecule has 0 atom stereocenters. The maximum absolute atomic E-state index is 11.1. The van der Waals surface area contributed by atoms with Crippen LogP contribution in [0.5, 0.6) is 0 Å². The topological polar surface area (TPSA) is 80.7 Å². The van der Waals surface area contributed by atoms with E-state index in [4.69, 9.17) is 13.4 Å². The van der Waals surface area contributed by atoms with Gasteiger partial charge in [0.15, 0.2) is 0 Å². The van der Waals surface area contributed by atoms with Crippen LogP contribution in [0.25, 0.3) is 0 Å². The van der Waals surface area contributed by atoms with E-state index in [0.717, 1.165) is 29.9 Å². The van der Waals surface area contributed by atoms with Gasteiger partial charge in [-0.3, -0.25) is 4.55 Å². The van der Waals surface area contributed by atoms with Crippen molar-refractivity contribution in [2.45, 2.75) is 44.9 Å². The standard InChI is InChI=1S/C14H18O5S/c1-9-7-12(18-10(9)2)5-4-6-13-8-14(11(3)19-13)20(15,16)17/h7-8H,4-6H2,1-3H3,(H,15,16,17). The summed E-state index contributed by atoms with van der Waals surface area (Å²) in [5.74, 6) is 2.60. The molecule has 0 unspecified atom stereocenters. The van der Waals surface area contributed by atoms with Gasteiger partial charge in [0, 0.05) is 18.9 Å². The molecule has 5 nitrogen and oxygen atoms in total. The van der Waals surface area contributed by atoms with Crippen molar-refractivity contribution < 1.29 is 21.8 Å². The third-order valence-corrected chi connectivity index (χ3v) is 4.23. The molecule has 2 aromatic rings. The first-order valence-corrected chi connectivity index (χ1v) is 7.84. The van der Waals surface area contributed by atoms with Gasteiger partial charge in [-0.25, -0.2) is 0 Å². The van der Waals surface area contributed by atoms with E-state index in [1.165, 1.54) is 13.0 Å². The highest BCUT2D eigenvalue weighted by Gasteiger charge is 2.18. The van der Waals surface area contributed by atoms with Crippen LogP contribution < -0.4 is 0 Å². The minimum absolute atomic E-state index is 0.155. The fourth-order valence-electron chi connectivity index (χ4n) is 2.11.